The van der Waals surface area contributed by atoms with Crippen LogP contribution in [0, 0.1) is 0 Å². The van der Waals surface area contributed by atoms with Crippen molar-refractivity contribution in [2.24, 2.45) is 0 Å². The highest BCUT2D eigenvalue weighted by molar-refractivity contribution is 7.67. The molecule has 0 saturated heterocycles. The summed E-state index contributed by atoms with van der Waals surface area (Å²) in [6.07, 6.45) is 7.04. The van der Waals surface area contributed by atoms with Crippen molar-refractivity contribution in [3.63, 3.8) is 0 Å². The van der Waals surface area contributed by atoms with Crippen LogP contribution in [0.5, 0.6) is 0 Å². The Morgan fingerprint density at radius 2 is 2.00 bits per heavy atom. The Balaban J connectivity index is 2.04. The van der Waals surface area contributed by atoms with Gasteiger partial charge in [-0.2, -0.15) is 0 Å². The molecule has 5 heteroatoms. The molecule has 0 aliphatic heterocycles. The van der Waals surface area contributed by atoms with Gasteiger partial charge in [-0.15, -0.1) is 0 Å². The molecule has 0 spiro atoms. The van der Waals surface area contributed by atoms with E-state index in [1.165, 1.54) is 32.1 Å². The summed E-state index contributed by atoms with van der Waals surface area (Å²) in [5, 5.41) is 3.45. The van der Waals surface area contributed by atoms with Crippen LogP contribution in [0.1, 0.15) is 45.4 Å². The van der Waals surface area contributed by atoms with E-state index in [0.717, 1.165) is 13.0 Å². The van der Waals surface area contributed by atoms with Gasteiger partial charge in [0.15, 0.2) is 0 Å². The Bertz CT molecular complexity index is 229. The first-order valence-corrected chi connectivity index (χ1v) is 6.82. The van der Waals surface area contributed by atoms with E-state index in [1.807, 2.05) is 0 Å². The summed E-state index contributed by atoms with van der Waals surface area (Å²) in [7, 11) is -2.70. The Hall–Kier alpha value is -0.130. The van der Waals surface area contributed by atoms with Crippen molar-refractivity contribution in [2.45, 2.75) is 57.6 Å². The van der Waals surface area contributed by atoms with Gasteiger partial charge in [0, 0.05) is 6.04 Å². The molecule has 1 rings (SSSR count). The van der Waals surface area contributed by atoms with E-state index >= 15 is 0 Å². The molecule has 0 radical (unpaired) electrons. The molecule has 4 nitrogen and oxygen atoms in total. The molecule has 15 heavy (non-hydrogen) atoms. The molecule has 1 atom stereocenters. The van der Waals surface area contributed by atoms with E-state index in [1.54, 1.807) is 6.92 Å². The highest BCUT2D eigenvalue weighted by atomic mass is 32.2. The van der Waals surface area contributed by atoms with Gasteiger partial charge in [-0.3, -0.25) is 4.18 Å². The molecule has 1 N–H and O–H groups in total. The Labute approximate surface area is 93.5 Å². The van der Waals surface area contributed by atoms with Gasteiger partial charge in [-0.25, -0.2) is 8.42 Å². The molecule has 0 aromatic rings. The maximum absolute atomic E-state index is 10.3. The van der Waals surface area contributed by atoms with Crippen molar-refractivity contribution in [1.29, 1.82) is 0 Å². The summed E-state index contributed by atoms with van der Waals surface area (Å²) >= 11 is 0. The standard InChI is InChI=1S/C10H21NO3S/c1-9(14-15(12)13)7-8-11-10-5-3-2-4-6-10/h9-11,15H,2-8H2,1H3. The Morgan fingerprint density at radius 1 is 1.33 bits per heavy atom. The zero-order valence-corrected chi connectivity index (χ0v) is 10.2. The lowest BCUT2D eigenvalue weighted by atomic mass is 9.95. The molecule has 0 bridgehead atoms. The van der Waals surface area contributed by atoms with Gasteiger partial charge in [-0.05, 0) is 32.7 Å². The Morgan fingerprint density at radius 3 is 2.60 bits per heavy atom. The minimum atomic E-state index is -2.70. The third kappa shape index (κ3) is 6.12. The highest BCUT2D eigenvalue weighted by Gasteiger charge is 2.12. The molecule has 1 unspecified atom stereocenters. The van der Waals surface area contributed by atoms with Gasteiger partial charge in [0.1, 0.15) is 0 Å². The van der Waals surface area contributed by atoms with Gasteiger partial charge in [0.05, 0.1) is 6.10 Å². The average molecular weight is 235 g/mol. The summed E-state index contributed by atoms with van der Waals surface area (Å²) in [4.78, 5) is 0. The maximum Gasteiger partial charge on any atom is 0.257 e. The van der Waals surface area contributed by atoms with E-state index in [2.05, 4.69) is 9.50 Å². The molecule has 0 heterocycles. The second-order valence-electron chi connectivity index (χ2n) is 4.22. The molecule has 1 saturated carbocycles. The lowest BCUT2D eigenvalue weighted by Gasteiger charge is -2.23. The molecule has 0 aromatic heterocycles. The van der Waals surface area contributed by atoms with Crippen molar-refractivity contribution in [2.75, 3.05) is 6.54 Å². The summed E-state index contributed by atoms with van der Waals surface area (Å²) in [5.74, 6) is 0. The van der Waals surface area contributed by atoms with Crippen molar-refractivity contribution in [3.8, 4) is 0 Å². The minimum absolute atomic E-state index is 0.206. The largest absolute Gasteiger partial charge is 0.314 e. The fraction of sp³-hybridized carbons (Fsp3) is 1.00. The number of hydrogen-bond acceptors (Lipinski definition) is 4. The molecular formula is C10H21NO3S. The molecule has 1 aliphatic carbocycles. The average Bonchev–Trinajstić information content (AvgIpc) is 2.18. The van der Waals surface area contributed by atoms with E-state index in [-0.39, 0.29) is 6.10 Å². The van der Waals surface area contributed by atoms with Crippen LogP contribution in [0.25, 0.3) is 0 Å². The van der Waals surface area contributed by atoms with Crippen molar-refractivity contribution >= 4 is 11.0 Å². The van der Waals surface area contributed by atoms with Gasteiger partial charge in [-0.1, -0.05) is 19.3 Å². The normalized spacial score (nSPS) is 20.7. The fourth-order valence-electron chi connectivity index (χ4n) is 2.00. The van der Waals surface area contributed by atoms with Crippen LogP contribution < -0.4 is 5.32 Å². The predicted octanol–water partition coefficient (Wildman–Crippen LogP) is 1.23. The van der Waals surface area contributed by atoms with Crippen LogP contribution in [0.15, 0.2) is 0 Å². The number of thiol groups is 1. The third-order valence-corrected chi connectivity index (χ3v) is 3.39. The maximum atomic E-state index is 10.3. The zero-order chi connectivity index (χ0) is 11.1. The fourth-order valence-corrected chi connectivity index (χ4v) is 2.40. The van der Waals surface area contributed by atoms with Crippen LogP contribution in [0.3, 0.4) is 0 Å². The molecule has 1 aliphatic rings. The zero-order valence-electron chi connectivity index (χ0n) is 9.28. The highest BCUT2D eigenvalue weighted by Crippen LogP contribution is 2.17. The van der Waals surface area contributed by atoms with E-state index in [0.29, 0.717) is 6.04 Å². The second kappa shape index (κ2) is 7.19. The molecule has 1 fully saturated rings. The summed E-state index contributed by atoms with van der Waals surface area (Å²) in [6, 6.07) is 0.631. The molecule has 90 valence electrons. The second-order valence-corrected chi connectivity index (χ2v) is 4.88. The number of nitrogens with one attached hydrogen (secondary N) is 1. The first-order valence-electron chi connectivity index (χ1n) is 5.73. The summed E-state index contributed by atoms with van der Waals surface area (Å²) in [5.41, 5.74) is 0. The van der Waals surface area contributed by atoms with Crippen molar-refractivity contribution in [1.82, 2.24) is 5.32 Å². The monoisotopic (exact) mass is 235 g/mol. The van der Waals surface area contributed by atoms with Crippen LogP contribution in [-0.2, 0) is 15.2 Å². The van der Waals surface area contributed by atoms with Gasteiger partial charge in [0.2, 0.25) is 0 Å². The van der Waals surface area contributed by atoms with Crippen molar-refractivity contribution in [3.05, 3.63) is 0 Å². The predicted molar refractivity (Wildman–Crippen MR) is 60.4 cm³/mol. The molecule has 0 amide bonds. The topological polar surface area (TPSA) is 55.4 Å². The summed E-state index contributed by atoms with van der Waals surface area (Å²) < 4.78 is 25.2. The van der Waals surface area contributed by atoms with Crippen molar-refractivity contribution < 1.29 is 12.6 Å². The Kier molecular flexibility index (Phi) is 6.20. The molecular weight excluding hydrogens is 214 g/mol. The lowest BCUT2D eigenvalue weighted by Crippen LogP contribution is -2.33. The quantitative estimate of drug-likeness (QED) is 0.680. The molecule has 0 aromatic carbocycles. The smallest absolute Gasteiger partial charge is 0.257 e. The lowest BCUT2D eigenvalue weighted by molar-refractivity contribution is 0.222. The van der Waals surface area contributed by atoms with Gasteiger partial charge < -0.3 is 5.32 Å². The van der Waals surface area contributed by atoms with E-state index in [9.17, 15) is 8.42 Å². The number of hydrogen-bond donors (Lipinski definition) is 2. The van der Waals surface area contributed by atoms with Gasteiger partial charge in [0.25, 0.3) is 11.0 Å². The van der Waals surface area contributed by atoms with Gasteiger partial charge >= 0.3 is 0 Å². The number of rotatable bonds is 6. The minimum Gasteiger partial charge on any atom is -0.314 e. The first kappa shape index (κ1) is 12.9. The van der Waals surface area contributed by atoms with Crippen LogP contribution in [0.2, 0.25) is 0 Å². The SMILES string of the molecule is CC(CCNC1CCCCC1)O[SH](=O)=O. The van der Waals surface area contributed by atoms with Crippen LogP contribution >= 0.6 is 0 Å². The first-order chi connectivity index (χ1) is 7.18. The van der Waals surface area contributed by atoms with E-state index in [4.69, 9.17) is 0 Å². The van der Waals surface area contributed by atoms with E-state index < -0.39 is 11.0 Å². The summed E-state index contributed by atoms with van der Waals surface area (Å²) in [6.45, 7) is 2.63. The van der Waals surface area contributed by atoms with Crippen LogP contribution in [0.4, 0.5) is 0 Å². The van der Waals surface area contributed by atoms with Crippen LogP contribution in [-0.4, -0.2) is 27.1 Å². The third-order valence-electron chi connectivity index (χ3n) is 2.86.